The Hall–Kier alpha value is -8.06. The van der Waals surface area contributed by atoms with Crippen molar-refractivity contribution in [3.63, 3.8) is 0 Å². The number of nitriles is 2. The Morgan fingerprint density at radius 3 is 1.20 bits per heavy atom. The molecular formula is C50H26N4O2. The van der Waals surface area contributed by atoms with Crippen LogP contribution in [-0.4, -0.2) is 9.13 Å². The van der Waals surface area contributed by atoms with Crippen molar-refractivity contribution in [3.05, 3.63) is 169 Å². The Labute approximate surface area is 318 Å². The normalized spacial score (nSPS) is 11.9. The summed E-state index contributed by atoms with van der Waals surface area (Å²) >= 11 is 0. The van der Waals surface area contributed by atoms with Gasteiger partial charge in [0, 0.05) is 65.6 Å². The van der Waals surface area contributed by atoms with Gasteiger partial charge < -0.3 is 18.0 Å². The van der Waals surface area contributed by atoms with Crippen LogP contribution in [0, 0.1) is 22.7 Å². The van der Waals surface area contributed by atoms with Gasteiger partial charge >= 0.3 is 0 Å². The summed E-state index contributed by atoms with van der Waals surface area (Å²) < 4.78 is 17.0. The van der Waals surface area contributed by atoms with Crippen molar-refractivity contribution < 1.29 is 8.83 Å². The van der Waals surface area contributed by atoms with Gasteiger partial charge in [-0.2, -0.15) is 10.5 Å². The minimum absolute atomic E-state index is 0.485. The molecule has 6 heteroatoms. The predicted molar refractivity (Wildman–Crippen MR) is 225 cm³/mol. The number of fused-ring (bicyclic) bond motifs is 12. The first-order chi connectivity index (χ1) is 27.7. The number of rotatable bonds is 3. The first-order valence-electron chi connectivity index (χ1n) is 18.5. The second-order valence-electron chi connectivity index (χ2n) is 14.3. The Morgan fingerprint density at radius 1 is 0.339 bits per heavy atom. The SMILES string of the molecule is N#Cc1cc(-n2c3ccccc3c3cc4oc5ccccc5c4cc32)ccc1-c1ccc(-n2c3ccccc3c3cc4oc5ccccc5c4cc32)cc1C#N. The van der Waals surface area contributed by atoms with E-state index in [0.29, 0.717) is 22.3 Å². The minimum Gasteiger partial charge on any atom is -0.456 e. The third-order valence-electron chi connectivity index (χ3n) is 11.4. The van der Waals surface area contributed by atoms with Gasteiger partial charge in [0.25, 0.3) is 0 Å². The van der Waals surface area contributed by atoms with Crippen LogP contribution in [0.4, 0.5) is 0 Å². The molecule has 0 amide bonds. The summed E-state index contributed by atoms with van der Waals surface area (Å²) in [5.74, 6) is 0. The molecule has 0 aliphatic carbocycles. The standard InChI is InChI=1S/C50H26N4O2/c51-27-29-21-31(53-43-13-5-1-9-35(43)39-25-49-41(23-45(39)53)37-11-3-7-15-47(37)55-49)17-19-33(29)34-20-18-32(22-30(34)28-52)54-44-14-6-2-10-36(44)40-26-50-42(24-46(40)54)38-12-4-8-16-48(38)56-50/h1-26H. The summed E-state index contributed by atoms with van der Waals surface area (Å²) in [6.45, 7) is 0. The van der Waals surface area contributed by atoms with E-state index in [9.17, 15) is 10.5 Å². The van der Waals surface area contributed by atoms with Crippen LogP contribution in [0.5, 0.6) is 0 Å². The van der Waals surface area contributed by atoms with Crippen molar-refractivity contribution in [3.8, 4) is 34.6 Å². The molecule has 6 nitrogen and oxygen atoms in total. The maximum atomic E-state index is 10.6. The molecule has 0 unspecified atom stereocenters. The third-order valence-corrected chi connectivity index (χ3v) is 11.4. The number of nitrogens with zero attached hydrogens (tertiary/aromatic N) is 4. The Bertz CT molecular complexity index is 3500. The van der Waals surface area contributed by atoms with E-state index >= 15 is 0 Å². The molecule has 0 bridgehead atoms. The first-order valence-corrected chi connectivity index (χ1v) is 18.5. The summed E-state index contributed by atoms with van der Waals surface area (Å²) in [6, 6.07) is 58.3. The van der Waals surface area contributed by atoms with Crippen LogP contribution >= 0.6 is 0 Å². The zero-order valence-electron chi connectivity index (χ0n) is 29.6. The molecule has 0 saturated carbocycles. The lowest BCUT2D eigenvalue weighted by atomic mass is 9.95. The molecule has 0 aliphatic heterocycles. The Kier molecular flexibility index (Phi) is 6.10. The number of benzene rings is 8. The average Bonchev–Trinajstić information content (AvgIpc) is 3.99. The topological polar surface area (TPSA) is 83.7 Å². The molecule has 12 rings (SSSR count). The molecule has 0 saturated heterocycles. The lowest BCUT2D eigenvalue weighted by Crippen LogP contribution is -1.98. The van der Waals surface area contributed by atoms with Gasteiger partial charge in [-0.15, -0.1) is 0 Å². The summed E-state index contributed by atoms with van der Waals surface area (Å²) in [5.41, 5.74) is 11.6. The van der Waals surface area contributed by atoms with Crippen molar-refractivity contribution in [2.24, 2.45) is 0 Å². The van der Waals surface area contributed by atoms with Gasteiger partial charge in [-0.3, -0.25) is 0 Å². The molecule has 0 atom stereocenters. The van der Waals surface area contributed by atoms with Crippen molar-refractivity contribution in [1.82, 2.24) is 9.13 Å². The number of furan rings is 2. The molecule has 8 aromatic carbocycles. The summed E-state index contributed by atoms with van der Waals surface area (Å²) in [6.07, 6.45) is 0. The molecule has 0 spiro atoms. The molecule has 258 valence electrons. The maximum Gasteiger partial charge on any atom is 0.136 e. The number of para-hydroxylation sites is 4. The van der Waals surface area contributed by atoms with E-state index in [2.05, 4.69) is 81.9 Å². The minimum atomic E-state index is 0.485. The summed E-state index contributed by atoms with van der Waals surface area (Å²) in [5, 5.41) is 29.8. The van der Waals surface area contributed by atoms with Gasteiger partial charge in [0.2, 0.25) is 0 Å². The molecule has 0 N–H and O–H groups in total. The highest BCUT2D eigenvalue weighted by molar-refractivity contribution is 6.18. The quantitative estimate of drug-likeness (QED) is 0.182. The molecule has 12 aromatic rings. The van der Waals surface area contributed by atoms with E-state index in [0.717, 1.165) is 98.9 Å². The smallest absolute Gasteiger partial charge is 0.136 e. The van der Waals surface area contributed by atoms with Crippen molar-refractivity contribution in [2.45, 2.75) is 0 Å². The van der Waals surface area contributed by atoms with Crippen LogP contribution in [0.2, 0.25) is 0 Å². The van der Waals surface area contributed by atoms with Crippen LogP contribution in [0.15, 0.2) is 167 Å². The molecule has 0 aliphatic rings. The first kappa shape index (κ1) is 30.4. The van der Waals surface area contributed by atoms with Crippen molar-refractivity contribution in [1.29, 1.82) is 10.5 Å². The van der Waals surface area contributed by atoms with Crippen LogP contribution in [0.3, 0.4) is 0 Å². The Morgan fingerprint density at radius 2 is 0.750 bits per heavy atom. The maximum absolute atomic E-state index is 10.6. The van der Waals surface area contributed by atoms with E-state index in [1.54, 1.807) is 0 Å². The van der Waals surface area contributed by atoms with E-state index in [1.165, 1.54) is 0 Å². The summed E-state index contributed by atoms with van der Waals surface area (Å²) in [7, 11) is 0. The highest BCUT2D eigenvalue weighted by Gasteiger charge is 2.20. The fraction of sp³-hybridized carbons (Fsp3) is 0. The molecular weight excluding hydrogens is 689 g/mol. The second kappa shape index (κ2) is 11.2. The van der Waals surface area contributed by atoms with E-state index in [4.69, 9.17) is 8.83 Å². The van der Waals surface area contributed by atoms with Gasteiger partial charge in [0.05, 0.1) is 45.3 Å². The van der Waals surface area contributed by atoms with Crippen molar-refractivity contribution >= 4 is 87.5 Å². The van der Waals surface area contributed by atoms with Gasteiger partial charge in [-0.1, -0.05) is 84.9 Å². The summed E-state index contributed by atoms with van der Waals surface area (Å²) in [4.78, 5) is 0. The number of hydrogen-bond acceptors (Lipinski definition) is 4. The highest BCUT2D eigenvalue weighted by atomic mass is 16.3. The van der Waals surface area contributed by atoms with Gasteiger partial charge in [-0.05, 0) is 72.8 Å². The fourth-order valence-electron chi connectivity index (χ4n) is 8.93. The second-order valence-corrected chi connectivity index (χ2v) is 14.3. The monoisotopic (exact) mass is 714 g/mol. The molecule has 56 heavy (non-hydrogen) atoms. The van der Waals surface area contributed by atoms with Gasteiger partial charge in [0.1, 0.15) is 22.3 Å². The molecule has 4 aromatic heterocycles. The van der Waals surface area contributed by atoms with Crippen LogP contribution in [-0.2, 0) is 0 Å². The lowest BCUT2D eigenvalue weighted by Gasteiger charge is -2.14. The fourth-order valence-corrected chi connectivity index (χ4v) is 8.93. The zero-order chi connectivity index (χ0) is 37.1. The van der Waals surface area contributed by atoms with Crippen molar-refractivity contribution in [2.75, 3.05) is 0 Å². The largest absolute Gasteiger partial charge is 0.456 e. The predicted octanol–water partition coefficient (Wildman–Crippen LogP) is 13.1. The molecule has 0 radical (unpaired) electrons. The highest BCUT2D eigenvalue weighted by Crippen LogP contribution is 2.41. The van der Waals surface area contributed by atoms with Crippen LogP contribution in [0.25, 0.3) is 110 Å². The van der Waals surface area contributed by atoms with Gasteiger partial charge in [-0.25, -0.2) is 0 Å². The lowest BCUT2D eigenvalue weighted by molar-refractivity contribution is 0.669. The Balaban J connectivity index is 1.03. The molecule has 4 heterocycles. The number of aromatic nitrogens is 2. The number of hydrogen-bond donors (Lipinski definition) is 0. The average molecular weight is 715 g/mol. The van der Waals surface area contributed by atoms with Gasteiger partial charge in [0.15, 0.2) is 0 Å². The van der Waals surface area contributed by atoms with E-state index in [-0.39, 0.29) is 0 Å². The van der Waals surface area contributed by atoms with Crippen LogP contribution < -0.4 is 0 Å². The third kappa shape index (κ3) is 4.13. The molecule has 0 fully saturated rings. The zero-order valence-corrected chi connectivity index (χ0v) is 29.6. The van der Waals surface area contributed by atoms with E-state index < -0.39 is 0 Å². The van der Waals surface area contributed by atoms with Crippen LogP contribution in [0.1, 0.15) is 11.1 Å². The van der Waals surface area contributed by atoms with E-state index in [1.807, 2.05) is 97.1 Å².